The topological polar surface area (TPSA) is 51.2 Å². The summed E-state index contributed by atoms with van der Waals surface area (Å²) in [5, 5.41) is 0. The number of carbonyl (C=O) groups is 1. The normalized spacial score (nSPS) is 24.5. The van der Waals surface area contributed by atoms with Crippen LogP contribution in [0.5, 0.6) is 5.75 Å². The maximum atomic E-state index is 13.0. The summed E-state index contributed by atoms with van der Waals surface area (Å²) in [6.07, 6.45) is 0. The van der Waals surface area contributed by atoms with E-state index >= 15 is 0 Å². The monoisotopic (exact) mass is 348 g/mol. The molecule has 0 aromatic heterocycles. The van der Waals surface area contributed by atoms with Gasteiger partial charge >= 0.3 is 0 Å². The summed E-state index contributed by atoms with van der Waals surface area (Å²) in [6, 6.07) is 7.88. The fourth-order valence-corrected chi connectivity index (χ4v) is 3.67. The van der Waals surface area contributed by atoms with Crippen LogP contribution in [0.4, 0.5) is 0 Å². The van der Waals surface area contributed by atoms with Crippen molar-refractivity contribution in [1.82, 2.24) is 9.80 Å². The zero-order valence-corrected chi connectivity index (χ0v) is 15.1. The second-order valence-corrected chi connectivity index (χ2v) is 6.74. The molecule has 0 N–H and O–H groups in total. The molecule has 1 amide bonds. The van der Waals surface area contributed by atoms with Crippen molar-refractivity contribution in [2.75, 3.05) is 59.7 Å². The van der Waals surface area contributed by atoms with E-state index < -0.39 is 0 Å². The molecule has 2 fully saturated rings. The minimum Gasteiger partial charge on any atom is -0.490 e. The molecule has 138 valence electrons. The van der Waals surface area contributed by atoms with Gasteiger partial charge in [0.15, 0.2) is 0 Å². The highest BCUT2D eigenvalue weighted by molar-refractivity contribution is 5.97. The van der Waals surface area contributed by atoms with Crippen LogP contribution in [-0.2, 0) is 9.47 Å². The van der Waals surface area contributed by atoms with Gasteiger partial charge in [0.05, 0.1) is 25.4 Å². The van der Waals surface area contributed by atoms with Crippen LogP contribution in [0.15, 0.2) is 24.3 Å². The molecule has 6 heteroatoms. The third-order valence-corrected chi connectivity index (χ3v) is 5.04. The fourth-order valence-electron chi connectivity index (χ4n) is 3.67. The van der Waals surface area contributed by atoms with E-state index in [2.05, 4.69) is 11.8 Å². The molecule has 25 heavy (non-hydrogen) atoms. The van der Waals surface area contributed by atoms with Gasteiger partial charge in [-0.25, -0.2) is 0 Å². The van der Waals surface area contributed by atoms with Crippen molar-refractivity contribution in [2.24, 2.45) is 5.92 Å². The predicted molar refractivity (Wildman–Crippen MR) is 95.1 cm³/mol. The van der Waals surface area contributed by atoms with E-state index in [0.717, 1.165) is 39.4 Å². The van der Waals surface area contributed by atoms with Gasteiger partial charge in [-0.2, -0.15) is 0 Å². The minimum atomic E-state index is 0.0515. The first kappa shape index (κ1) is 18.2. The van der Waals surface area contributed by atoms with Gasteiger partial charge in [0, 0.05) is 39.3 Å². The van der Waals surface area contributed by atoms with Crippen LogP contribution in [0.3, 0.4) is 0 Å². The quantitative estimate of drug-likeness (QED) is 0.730. The highest BCUT2D eigenvalue weighted by Gasteiger charge is 2.37. The highest BCUT2D eigenvalue weighted by atomic mass is 16.5. The molecule has 6 nitrogen and oxygen atoms in total. The number of benzene rings is 1. The van der Waals surface area contributed by atoms with Gasteiger partial charge in [-0.3, -0.25) is 9.69 Å². The average molecular weight is 348 g/mol. The van der Waals surface area contributed by atoms with Crippen molar-refractivity contribution in [2.45, 2.75) is 13.0 Å². The zero-order valence-electron chi connectivity index (χ0n) is 15.1. The number of ether oxygens (including phenoxy) is 3. The molecule has 0 aliphatic carbocycles. The Hall–Kier alpha value is -1.63. The number of amides is 1. The van der Waals surface area contributed by atoms with Crippen molar-refractivity contribution in [3.8, 4) is 5.75 Å². The van der Waals surface area contributed by atoms with E-state index in [1.54, 1.807) is 7.11 Å². The molecule has 0 spiro atoms. The van der Waals surface area contributed by atoms with E-state index in [9.17, 15) is 4.79 Å². The first-order chi connectivity index (χ1) is 12.2. The molecule has 3 rings (SSSR count). The summed E-state index contributed by atoms with van der Waals surface area (Å²) >= 11 is 0. The Balaban J connectivity index is 1.67. The largest absolute Gasteiger partial charge is 0.490 e. The number of hydrogen-bond acceptors (Lipinski definition) is 5. The lowest BCUT2D eigenvalue weighted by Gasteiger charge is -2.34. The lowest BCUT2D eigenvalue weighted by Crippen LogP contribution is -2.47. The molecule has 0 bridgehead atoms. The standard InChI is InChI=1S/C19H28N2O4/c1-15-13-21(14-17(15)20-7-9-24-10-8-20)19(22)16-5-3-4-6-18(16)25-12-11-23-2/h3-6,15,17H,7-14H2,1-2H3/t15-,17+/m1/s1. The van der Waals surface area contributed by atoms with E-state index in [-0.39, 0.29) is 5.91 Å². The molecule has 1 aromatic carbocycles. The lowest BCUT2D eigenvalue weighted by molar-refractivity contribution is 0.0119. The summed E-state index contributed by atoms with van der Waals surface area (Å²) in [5.41, 5.74) is 0.633. The van der Waals surface area contributed by atoms with Crippen LogP contribution in [0.2, 0.25) is 0 Å². The fraction of sp³-hybridized carbons (Fsp3) is 0.632. The maximum absolute atomic E-state index is 13.0. The van der Waals surface area contributed by atoms with Gasteiger partial charge in [0.25, 0.3) is 5.91 Å². The Labute approximate surface area is 149 Å². The van der Waals surface area contributed by atoms with Crippen molar-refractivity contribution in [3.63, 3.8) is 0 Å². The smallest absolute Gasteiger partial charge is 0.257 e. The molecule has 1 aromatic rings. The first-order valence-corrected chi connectivity index (χ1v) is 9.02. The maximum Gasteiger partial charge on any atom is 0.257 e. The van der Waals surface area contributed by atoms with Gasteiger partial charge in [-0.05, 0) is 18.1 Å². The molecule has 2 aliphatic rings. The van der Waals surface area contributed by atoms with E-state index in [1.807, 2.05) is 29.2 Å². The average Bonchev–Trinajstić information content (AvgIpc) is 3.04. The molecular formula is C19H28N2O4. The Bertz CT molecular complexity index is 574. The molecule has 2 saturated heterocycles. The van der Waals surface area contributed by atoms with Crippen molar-refractivity contribution in [3.05, 3.63) is 29.8 Å². The molecule has 0 saturated carbocycles. The Morgan fingerprint density at radius 3 is 2.72 bits per heavy atom. The number of morpholine rings is 1. The molecule has 2 aliphatic heterocycles. The minimum absolute atomic E-state index is 0.0515. The second kappa shape index (κ2) is 8.65. The Kier molecular flexibility index (Phi) is 6.29. The van der Waals surface area contributed by atoms with Gasteiger partial charge in [0.2, 0.25) is 0 Å². The number of para-hydroxylation sites is 1. The summed E-state index contributed by atoms with van der Waals surface area (Å²) in [6.45, 7) is 8.20. The SMILES string of the molecule is COCCOc1ccccc1C(=O)N1C[C@@H](C)[C@@H](N2CCOCC2)C1. The molecular weight excluding hydrogens is 320 g/mol. The van der Waals surface area contributed by atoms with Gasteiger partial charge in [-0.1, -0.05) is 19.1 Å². The molecule has 2 atom stereocenters. The van der Waals surface area contributed by atoms with Crippen LogP contribution < -0.4 is 4.74 Å². The summed E-state index contributed by atoms with van der Waals surface area (Å²) in [7, 11) is 1.64. The summed E-state index contributed by atoms with van der Waals surface area (Å²) < 4.78 is 16.2. The molecule has 2 heterocycles. The summed E-state index contributed by atoms with van der Waals surface area (Å²) in [5.74, 6) is 1.14. The van der Waals surface area contributed by atoms with E-state index in [4.69, 9.17) is 14.2 Å². The van der Waals surface area contributed by atoms with Crippen molar-refractivity contribution >= 4 is 5.91 Å². The molecule has 0 unspecified atom stereocenters. The van der Waals surface area contributed by atoms with Crippen LogP contribution in [0.25, 0.3) is 0 Å². The van der Waals surface area contributed by atoms with Crippen LogP contribution in [0.1, 0.15) is 17.3 Å². The van der Waals surface area contributed by atoms with Gasteiger partial charge < -0.3 is 19.1 Å². The number of nitrogens with zero attached hydrogens (tertiary/aromatic N) is 2. The van der Waals surface area contributed by atoms with Crippen LogP contribution in [-0.4, -0.2) is 81.5 Å². The predicted octanol–water partition coefficient (Wildman–Crippen LogP) is 1.50. The number of likely N-dealkylation sites (tertiary alicyclic amines) is 1. The number of carbonyl (C=O) groups excluding carboxylic acids is 1. The lowest BCUT2D eigenvalue weighted by atomic mass is 10.0. The van der Waals surface area contributed by atoms with Crippen molar-refractivity contribution in [1.29, 1.82) is 0 Å². The number of methoxy groups -OCH3 is 1. The molecule has 0 radical (unpaired) electrons. The Morgan fingerprint density at radius 1 is 1.20 bits per heavy atom. The van der Waals surface area contributed by atoms with Crippen molar-refractivity contribution < 1.29 is 19.0 Å². The van der Waals surface area contributed by atoms with Gasteiger partial charge in [-0.15, -0.1) is 0 Å². The second-order valence-electron chi connectivity index (χ2n) is 6.74. The van der Waals surface area contributed by atoms with E-state index in [1.165, 1.54) is 0 Å². The van der Waals surface area contributed by atoms with Gasteiger partial charge in [0.1, 0.15) is 12.4 Å². The Morgan fingerprint density at radius 2 is 1.96 bits per heavy atom. The van der Waals surface area contributed by atoms with Crippen LogP contribution in [0, 0.1) is 5.92 Å². The third-order valence-electron chi connectivity index (χ3n) is 5.04. The number of hydrogen-bond donors (Lipinski definition) is 0. The van der Waals surface area contributed by atoms with Crippen LogP contribution >= 0.6 is 0 Å². The highest BCUT2D eigenvalue weighted by Crippen LogP contribution is 2.27. The zero-order chi connectivity index (χ0) is 17.6. The third kappa shape index (κ3) is 4.32. The number of rotatable bonds is 6. The first-order valence-electron chi connectivity index (χ1n) is 9.02. The summed E-state index contributed by atoms with van der Waals surface area (Å²) in [4.78, 5) is 17.5. The van der Waals surface area contributed by atoms with E-state index in [0.29, 0.717) is 36.5 Å².